The fourth-order valence-electron chi connectivity index (χ4n) is 1.04. The third kappa shape index (κ3) is 2.95. The maximum Gasteiger partial charge on any atom is 0.418 e. The van der Waals surface area contributed by atoms with Crippen LogP contribution in [0.25, 0.3) is 0 Å². The van der Waals surface area contributed by atoms with Gasteiger partial charge in [-0.1, -0.05) is 12.1 Å². The topological polar surface area (TPSA) is 55.1 Å². The predicted octanol–water partition coefficient (Wildman–Crippen LogP) is 1.60. The number of carbonyl (C=O) groups excluding carboxylic acids is 1. The highest BCUT2D eigenvalue weighted by atomic mass is 19.4. The molecule has 0 radical (unpaired) electrons. The summed E-state index contributed by atoms with van der Waals surface area (Å²) < 4.78 is 37.3. The lowest BCUT2D eigenvalue weighted by molar-refractivity contribution is -0.137. The molecule has 82 valence electrons. The second kappa shape index (κ2) is 4.31. The Morgan fingerprint density at radius 3 is 2.47 bits per heavy atom. The minimum Gasteiger partial charge on any atom is -0.324 e. The lowest BCUT2D eigenvalue weighted by atomic mass is 10.1. The molecule has 0 fully saturated rings. The van der Waals surface area contributed by atoms with Crippen molar-refractivity contribution >= 4 is 11.6 Å². The first-order chi connectivity index (χ1) is 6.95. The van der Waals surface area contributed by atoms with Gasteiger partial charge in [-0.25, -0.2) is 0 Å². The Balaban J connectivity index is 3.02. The lowest BCUT2D eigenvalue weighted by Gasteiger charge is -2.12. The van der Waals surface area contributed by atoms with Gasteiger partial charge < -0.3 is 11.1 Å². The van der Waals surface area contributed by atoms with Crippen LogP contribution in [0.2, 0.25) is 0 Å². The lowest BCUT2D eigenvalue weighted by Crippen LogP contribution is -2.23. The number of amides is 1. The average molecular weight is 218 g/mol. The Labute approximate surface area is 84.1 Å². The van der Waals surface area contributed by atoms with E-state index >= 15 is 0 Å². The number of rotatable bonds is 2. The molecule has 0 aromatic heterocycles. The van der Waals surface area contributed by atoms with Crippen molar-refractivity contribution in [3.05, 3.63) is 29.8 Å². The Bertz CT molecular complexity index is 363. The molecule has 0 unspecified atom stereocenters. The summed E-state index contributed by atoms with van der Waals surface area (Å²) in [5.74, 6) is -0.660. The number of hydrogen-bond donors (Lipinski definition) is 2. The second-order valence-electron chi connectivity index (χ2n) is 2.80. The second-order valence-corrected chi connectivity index (χ2v) is 2.80. The van der Waals surface area contributed by atoms with Crippen LogP contribution in [0, 0.1) is 0 Å². The first kappa shape index (κ1) is 11.5. The van der Waals surface area contributed by atoms with Crippen LogP contribution < -0.4 is 11.1 Å². The molecule has 0 atom stereocenters. The van der Waals surface area contributed by atoms with E-state index < -0.39 is 17.6 Å². The van der Waals surface area contributed by atoms with Crippen molar-refractivity contribution in [2.75, 3.05) is 11.9 Å². The van der Waals surface area contributed by atoms with Gasteiger partial charge in [0.15, 0.2) is 0 Å². The van der Waals surface area contributed by atoms with Crippen LogP contribution in [0.4, 0.5) is 18.9 Å². The Hall–Kier alpha value is -1.56. The molecule has 1 aromatic rings. The van der Waals surface area contributed by atoms with E-state index in [4.69, 9.17) is 5.73 Å². The van der Waals surface area contributed by atoms with Gasteiger partial charge in [-0.15, -0.1) is 0 Å². The van der Waals surface area contributed by atoms with Crippen LogP contribution in [0.15, 0.2) is 24.3 Å². The highest BCUT2D eigenvalue weighted by Crippen LogP contribution is 2.34. The number of alkyl halides is 3. The molecule has 0 saturated heterocycles. The zero-order valence-corrected chi connectivity index (χ0v) is 7.64. The third-order valence-corrected chi connectivity index (χ3v) is 1.69. The van der Waals surface area contributed by atoms with E-state index in [1.54, 1.807) is 0 Å². The van der Waals surface area contributed by atoms with Crippen molar-refractivity contribution in [1.29, 1.82) is 0 Å². The molecule has 0 heterocycles. The summed E-state index contributed by atoms with van der Waals surface area (Å²) >= 11 is 0. The molecule has 1 rings (SSSR count). The van der Waals surface area contributed by atoms with E-state index in [1.807, 2.05) is 0 Å². The molecule has 6 heteroatoms. The number of halogens is 3. The molecule has 15 heavy (non-hydrogen) atoms. The van der Waals surface area contributed by atoms with Crippen molar-refractivity contribution in [3.8, 4) is 0 Å². The Morgan fingerprint density at radius 1 is 1.33 bits per heavy atom. The van der Waals surface area contributed by atoms with Gasteiger partial charge >= 0.3 is 6.18 Å². The highest BCUT2D eigenvalue weighted by molar-refractivity contribution is 5.92. The summed E-state index contributed by atoms with van der Waals surface area (Å²) in [5, 5.41) is 2.08. The van der Waals surface area contributed by atoms with Gasteiger partial charge in [-0.05, 0) is 12.1 Å². The number of carbonyl (C=O) groups is 1. The molecular weight excluding hydrogens is 209 g/mol. The summed E-state index contributed by atoms with van der Waals surface area (Å²) in [6.45, 7) is -0.355. The van der Waals surface area contributed by atoms with Gasteiger partial charge in [0.05, 0.1) is 17.8 Å². The number of benzene rings is 1. The van der Waals surface area contributed by atoms with Crippen molar-refractivity contribution < 1.29 is 18.0 Å². The van der Waals surface area contributed by atoms with Crippen LogP contribution in [-0.4, -0.2) is 12.5 Å². The smallest absolute Gasteiger partial charge is 0.324 e. The number of hydrogen-bond acceptors (Lipinski definition) is 2. The van der Waals surface area contributed by atoms with Crippen LogP contribution in [-0.2, 0) is 11.0 Å². The molecule has 3 N–H and O–H groups in total. The highest BCUT2D eigenvalue weighted by Gasteiger charge is 2.33. The van der Waals surface area contributed by atoms with Crippen molar-refractivity contribution in [3.63, 3.8) is 0 Å². The van der Waals surface area contributed by atoms with E-state index in [-0.39, 0.29) is 12.2 Å². The Kier molecular flexibility index (Phi) is 3.31. The molecule has 0 aliphatic heterocycles. The summed E-state index contributed by atoms with van der Waals surface area (Å²) in [4.78, 5) is 10.9. The zero-order valence-electron chi connectivity index (χ0n) is 7.64. The van der Waals surface area contributed by atoms with Gasteiger partial charge in [0.2, 0.25) is 5.91 Å². The molecule has 1 amide bonds. The molecule has 0 bridgehead atoms. The van der Waals surface area contributed by atoms with Crippen LogP contribution in [0.5, 0.6) is 0 Å². The van der Waals surface area contributed by atoms with Gasteiger partial charge in [-0.2, -0.15) is 13.2 Å². The van der Waals surface area contributed by atoms with Gasteiger partial charge in [0.1, 0.15) is 0 Å². The largest absolute Gasteiger partial charge is 0.418 e. The first-order valence-electron chi connectivity index (χ1n) is 4.11. The molecule has 0 aliphatic rings. The van der Waals surface area contributed by atoms with Gasteiger partial charge in [0, 0.05) is 0 Å². The summed E-state index contributed by atoms with van der Waals surface area (Å²) in [5.41, 5.74) is 3.83. The molecular formula is C9H9F3N2O. The molecule has 1 aromatic carbocycles. The fourth-order valence-corrected chi connectivity index (χ4v) is 1.04. The van der Waals surface area contributed by atoms with Crippen molar-refractivity contribution in [1.82, 2.24) is 0 Å². The third-order valence-electron chi connectivity index (χ3n) is 1.69. The minimum atomic E-state index is -4.49. The predicted molar refractivity (Wildman–Crippen MR) is 49.1 cm³/mol. The number of para-hydroxylation sites is 1. The quantitative estimate of drug-likeness (QED) is 0.792. The average Bonchev–Trinajstić information content (AvgIpc) is 2.17. The standard InChI is InChI=1S/C9H9F3N2O/c10-9(11,12)6-3-1-2-4-7(6)14-8(15)5-13/h1-4H,5,13H2,(H,14,15). The van der Waals surface area contributed by atoms with Crippen molar-refractivity contribution in [2.24, 2.45) is 5.73 Å². The number of nitrogens with one attached hydrogen (secondary N) is 1. The number of nitrogens with two attached hydrogens (primary N) is 1. The van der Waals surface area contributed by atoms with Crippen molar-refractivity contribution in [2.45, 2.75) is 6.18 Å². The van der Waals surface area contributed by atoms with E-state index in [0.29, 0.717) is 0 Å². The molecule has 0 saturated carbocycles. The van der Waals surface area contributed by atoms with Crippen LogP contribution in [0.3, 0.4) is 0 Å². The molecule has 3 nitrogen and oxygen atoms in total. The maximum absolute atomic E-state index is 12.4. The summed E-state index contributed by atoms with van der Waals surface area (Å²) in [6, 6.07) is 4.73. The van der Waals surface area contributed by atoms with E-state index in [0.717, 1.165) is 6.07 Å². The molecule has 0 spiro atoms. The SMILES string of the molecule is NCC(=O)Nc1ccccc1C(F)(F)F. The van der Waals surface area contributed by atoms with Crippen LogP contribution >= 0.6 is 0 Å². The maximum atomic E-state index is 12.4. The van der Waals surface area contributed by atoms with E-state index in [2.05, 4.69) is 5.32 Å². The van der Waals surface area contributed by atoms with Crippen LogP contribution in [0.1, 0.15) is 5.56 Å². The molecule has 0 aliphatic carbocycles. The minimum absolute atomic E-state index is 0.277. The van der Waals surface area contributed by atoms with E-state index in [1.165, 1.54) is 18.2 Å². The van der Waals surface area contributed by atoms with E-state index in [9.17, 15) is 18.0 Å². The Morgan fingerprint density at radius 2 is 1.93 bits per heavy atom. The zero-order chi connectivity index (χ0) is 11.5. The fraction of sp³-hybridized carbons (Fsp3) is 0.222. The monoisotopic (exact) mass is 218 g/mol. The van der Waals surface area contributed by atoms with Gasteiger partial charge in [0.25, 0.3) is 0 Å². The summed E-state index contributed by atoms with van der Waals surface area (Å²) in [6.07, 6.45) is -4.49. The number of anilines is 1. The van der Waals surface area contributed by atoms with Gasteiger partial charge in [-0.3, -0.25) is 4.79 Å². The first-order valence-corrected chi connectivity index (χ1v) is 4.11. The summed E-state index contributed by atoms with van der Waals surface area (Å²) in [7, 11) is 0. The normalized spacial score (nSPS) is 11.2.